The number of rotatable bonds is 5. The molecule has 0 aliphatic carbocycles. The predicted octanol–water partition coefficient (Wildman–Crippen LogP) is 1.39. The van der Waals surface area contributed by atoms with E-state index < -0.39 is 5.97 Å². The molecule has 0 amide bonds. The van der Waals surface area contributed by atoms with Crippen molar-refractivity contribution in [3.8, 4) is 11.5 Å². The lowest BCUT2D eigenvalue weighted by Crippen LogP contribution is -2.13. The average molecular weight is 261 g/mol. The van der Waals surface area contributed by atoms with Crippen LogP contribution in [0.2, 0.25) is 5.02 Å². The quantitative estimate of drug-likeness (QED) is 0.811. The molecule has 0 saturated carbocycles. The minimum atomic E-state index is -0.519. The van der Waals surface area contributed by atoms with Crippen molar-refractivity contribution in [2.75, 3.05) is 20.8 Å². The van der Waals surface area contributed by atoms with Crippen LogP contribution in [0.5, 0.6) is 11.5 Å². The van der Waals surface area contributed by atoms with Gasteiger partial charge in [0.1, 0.15) is 0 Å². The summed E-state index contributed by atoms with van der Waals surface area (Å²) in [6.07, 6.45) is 0. The van der Waals surface area contributed by atoms with E-state index >= 15 is 0 Å². The summed E-state index contributed by atoms with van der Waals surface area (Å²) in [5.41, 5.74) is 0.595. The summed E-state index contributed by atoms with van der Waals surface area (Å²) in [4.78, 5) is 10.9. The van der Waals surface area contributed by atoms with Crippen molar-refractivity contribution in [2.45, 2.75) is 6.61 Å². The van der Waals surface area contributed by atoms with Gasteiger partial charge in [-0.25, -0.2) is 4.79 Å². The van der Waals surface area contributed by atoms with Gasteiger partial charge in [-0.05, 0) is 17.7 Å². The highest BCUT2D eigenvalue weighted by Crippen LogP contribution is 2.36. The Kier molecular flexibility index (Phi) is 5.06. The number of benzene rings is 1. The number of aliphatic hydroxyl groups excluding tert-OH is 1. The average Bonchev–Trinajstić information content (AvgIpc) is 2.35. The van der Waals surface area contributed by atoms with Gasteiger partial charge in [-0.1, -0.05) is 11.6 Å². The SMILES string of the molecule is COC(=O)COc1c(Cl)cc(CO)cc1OC. The lowest BCUT2D eigenvalue weighted by Gasteiger charge is -2.12. The van der Waals surface area contributed by atoms with E-state index in [1.807, 2.05) is 0 Å². The van der Waals surface area contributed by atoms with E-state index in [0.717, 1.165) is 0 Å². The molecule has 0 atom stereocenters. The lowest BCUT2D eigenvalue weighted by molar-refractivity contribution is -0.142. The van der Waals surface area contributed by atoms with Gasteiger partial charge in [-0.3, -0.25) is 0 Å². The summed E-state index contributed by atoms with van der Waals surface area (Å²) >= 11 is 5.95. The fourth-order valence-electron chi connectivity index (χ4n) is 1.19. The number of carbonyl (C=O) groups is 1. The Morgan fingerprint density at radius 3 is 2.65 bits per heavy atom. The molecular weight excluding hydrogens is 248 g/mol. The molecule has 0 bridgehead atoms. The highest BCUT2D eigenvalue weighted by Gasteiger charge is 2.13. The van der Waals surface area contributed by atoms with Crippen LogP contribution in [0.15, 0.2) is 12.1 Å². The van der Waals surface area contributed by atoms with Crippen LogP contribution in [0, 0.1) is 0 Å². The molecule has 0 radical (unpaired) electrons. The van der Waals surface area contributed by atoms with E-state index in [9.17, 15) is 4.79 Å². The van der Waals surface area contributed by atoms with Crippen LogP contribution in [0.4, 0.5) is 0 Å². The zero-order chi connectivity index (χ0) is 12.8. The molecule has 0 aromatic heterocycles. The lowest BCUT2D eigenvalue weighted by atomic mass is 10.2. The Bertz CT molecular complexity index is 405. The van der Waals surface area contributed by atoms with Crippen molar-refractivity contribution >= 4 is 17.6 Å². The molecule has 0 unspecified atom stereocenters. The number of hydrogen-bond acceptors (Lipinski definition) is 5. The minimum absolute atomic E-state index is 0.159. The van der Waals surface area contributed by atoms with Crippen LogP contribution in [-0.4, -0.2) is 31.9 Å². The number of aliphatic hydroxyl groups is 1. The van der Waals surface area contributed by atoms with Crippen molar-refractivity contribution in [3.05, 3.63) is 22.7 Å². The minimum Gasteiger partial charge on any atom is -0.493 e. The Labute approximate surface area is 104 Å². The van der Waals surface area contributed by atoms with Crippen molar-refractivity contribution in [3.63, 3.8) is 0 Å². The molecule has 1 aromatic carbocycles. The summed E-state index contributed by atoms with van der Waals surface area (Å²) in [5, 5.41) is 9.26. The van der Waals surface area contributed by atoms with Crippen LogP contribution < -0.4 is 9.47 Å². The van der Waals surface area contributed by atoms with E-state index in [1.54, 1.807) is 6.07 Å². The third-order valence-corrected chi connectivity index (χ3v) is 2.31. The maximum Gasteiger partial charge on any atom is 0.343 e. The largest absolute Gasteiger partial charge is 0.493 e. The number of methoxy groups -OCH3 is 2. The Morgan fingerprint density at radius 2 is 2.12 bits per heavy atom. The van der Waals surface area contributed by atoms with Crippen molar-refractivity contribution in [2.24, 2.45) is 0 Å². The third kappa shape index (κ3) is 3.51. The number of hydrogen-bond donors (Lipinski definition) is 1. The fourth-order valence-corrected chi connectivity index (χ4v) is 1.48. The van der Waals surface area contributed by atoms with Gasteiger partial charge in [-0.15, -0.1) is 0 Å². The van der Waals surface area contributed by atoms with Crippen molar-refractivity contribution in [1.82, 2.24) is 0 Å². The monoisotopic (exact) mass is 260 g/mol. The molecular formula is C11H13ClO5. The molecule has 1 aromatic rings. The van der Waals surface area contributed by atoms with Crippen molar-refractivity contribution < 1.29 is 24.1 Å². The molecule has 0 spiro atoms. The van der Waals surface area contributed by atoms with Gasteiger partial charge >= 0.3 is 5.97 Å². The number of ether oxygens (including phenoxy) is 3. The second-order valence-electron chi connectivity index (χ2n) is 3.13. The molecule has 17 heavy (non-hydrogen) atoms. The van der Waals surface area contributed by atoms with Gasteiger partial charge in [0.2, 0.25) is 0 Å². The second kappa shape index (κ2) is 6.32. The molecule has 0 fully saturated rings. The molecule has 0 heterocycles. The van der Waals surface area contributed by atoms with E-state index in [-0.39, 0.29) is 24.0 Å². The van der Waals surface area contributed by atoms with E-state index in [4.69, 9.17) is 26.2 Å². The normalized spacial score (nSPS) is 9.88. The summed E-state index contributed by atoms with van der Waals surface area (Å²) in [6.45, 7) is -0.418. The van der Waals surface area contributed by atoms with Gasteiger partial charge in [0.15, 0.2) is 18.1 Å². The standard InChI is InChI=1S/C11H13ClO5/c1-15-9-4-7(5-13)3-8(12)11(9)17-6-10(14)16-2/h3-4,13H,5-6H2,1-2H3. The summed E-state index contributed by atoms with van der Waals surface area (Å²) in [7, 11) is 2.71. The molecule has 0 saturated heterocycles. The van der Waals surface area contributed by atoms with Crippen LogP contribution >= 0.6 is 11.6 Å². The molecule has 94 valence electrons. The van der Waals surface area contributed by atoms with Gasteiger partial charge in [0, 0.05) is 0 Å². The van der Waals surface area contributed by atoms with Crippen LogP contribution in [0.3, 0.4) is 0 Å². The smallest absolute Gasteiger partial charge is 0.343 e. The maximum atomic E-state index is 10.9. The second-order valence-corrected chi connectivity index (χ2v) is 3.54. The molecule has 1 N–H and O–H groups in total. The maximum absolute atomic E-state index is 10.9. The Morgan fingerprint density at radius 1 is 1.41 bits per heavy atom. The first-order valence-corrected chi connectivity index (χ1v) is 5.17. The van der Waals surface area contributed by atoms with Crippen molar-refractivity contribution in [1.29, 1.82) is 0 Å². The molecule has 6 heteroatoms. The first kappa shape index (κ1) is 13.6. The predicted molar refractivity (Wildman–Crippen MR) is 61.4 cm³/mol. The van der Waals surface area contributed by atoms with Gasteiger partial charge in [-0.2, -0.15) is 0 Å². The molecule has 1 rings (SSSR count). The highest BCUT2D eigenvalue weighted by atomic mass is 35.5. The topological polar surface area (TPSA) is 65.0 Å². The first-order chi connectivity index (χ1) is 8.12. The summed E-state index contributed by atoms with van der Waals surface area (Å²) in [6, 6.07) is 3.12. The molecule has 0 aliphatic rings. The summed E-state index contributed by atoms with van der Waals surface area (Å²) < 4.78 is 14.7. The Hall–Kier alpha value is -1.46. The number of carbonyl (C=O) groups excluding carboxylic acids is 1. The van der Waals surface area contributed by atoms with Gasteiger partial charge in [0.05, 0.1) is 25.8 Å². The highest BCUT2D eigenvalue weighted by molar-refractivity contribution is 6.32. The van der Waals surface area contributed by atoms with E-state index in [0.29, 0.717) is 11.3 Å². The zero-order valence-corrected chi connectivity index (χ0v) is 10.3. The van der Waals surface area contributed by atoms with Crippen LogP contribution in [0.25, 0.3) is 0 Å². The first-order valence-electron chi connectivity index (χ1n) is 4.79. The van der Waals surface area contributed by atoms with Crippen LogP contribution in [0.1, 0.15) is 5.56 Å². The summed E-state index contributed by atoms with van der Waals surface area (Å²) in [5.74, 6) is 0.0802. The van der Waals surface area contributed by atoms with Gasteiger partial charge in [0.25, 0.3) is 0 Å². The number of halogens is 1. The third-order valence-electron chi connectivity index (χ3n) is 2.03. The van der Waals surface area contributed by atoms with E-state index in [2.05, 4.69) is 4.74 Å². The van der Waals surface area contributed by atoms with Crippen LogP contribution in [-0.2, 0) is 16.1 Å². The van der Waals surface area contributed by atoms with Gasteiger partial charge < -0.3 is 19.3 Å². The zero-order valence-electron chi connectivity index (χ0n) is 9.53. The van der Waals surface area contributed by atoms with E-state index in [1.165, 1.54) is 20.3 Å². The molecule has 5 nitrogen and oxygen atoms in total. The number of esters is 1. The molecule has 0 aliphatic heterocycles. The fraction of sp³-hybridized carbons (Fsp3) is 0.364. The Balaban J connectivity index is 2.93.